The number of amides is 2. The predicted octanol–water partition coefficient (Wildman–Crippen LogP) is 2.45. The van der Waals surface area contributed by atoms with Gasteiger partial charge in [0.05, 0.1) is 38.3 Å². The largest absolute Gasteiger partial charge is 0.493 e. The van der Waals surface area contributed by atoms with E-state index in [9.17, 15) is 9.59 Å². The zero-order valence-electron chi connectivity index (χ0n) is 14.9. The first-order valence-corrected chi connectivity index (χ1v) is 8.06. The Balaban J connectivity index is 2.05. The molecule has 0 atom stereocenters. The first-order valence-electron chi connectivity index (χ1n) is 7.69. The van der Waals surface area contributed by atoms with E-state index in [-0.39, 0.29) is 0 Å². The number of anilines is 1. The Hall–Kier alpha value is -3.26. The van der Waals surface area contributed by atoms with Crippen molar-refractivity contribution in [2.24, 2.45) is 5.10 Å². The Morgan fingerprint density at radius 3 is 2.19 bits per heavy atom. The van der Waals surface area contributed by atoms with Crippen LogP contribution < -0.4 is 25.0 Å². The summed E-state index contributed by atoms with van der Waals surface area (Å²) in [5, 5.41) is 6.48. The Morgan fingerprint density at radius 1 is 1.00 bits per heavy atom. The van der Waals surface area contributed by atoms with Crippen molar-refractivity contribution >= 4 is 35.3 Å². The van der Waals surface area contributed by atoms with Crippen LogP contribution in [0.1, 0.15) is 5.56 Å². The van der Waals surface area contributed by atoms with Gasteiger partial charge in [0.25, 0.3) is 0 Å². The van der Waals surface area contributed by atoms with Crippen LogP contribution in [-0.2, 0) is 9.59 Å². The number of rotatable bonds is 6. The molecule has 2 amide bonds. The maximum atomic E-state index is 11.9. The standard InChI is InChI=1S/C18H18ClN3O5/c1-25-14-8-11(9-15(26-2)16(14)27-3)10-20-22-18(24)17(23)21-13-7-5-4-6-12(13)19/h4-10H,1-3H3,(H,21,23)(H,22,24). The zero-order chi connectivity index (χ0) is 19.8. The average Bonchev–Trinajstić information content (AvgIpc) is 2.68. The fourth-order valence-electron chi connectivity index (χ4n) is 2.13. The van der Waals surface area contributed by atoms with E-state index in [1.165, 1.54) is 27.5 Å². The lowest BCUT2D eigenvalue weighted by atomic mass is 10.2. The van der Waals surface area contributed by atoms with Gasteiger partial charge in [0.1, 0.15) is 0 Å². The van der Waals surface area contributed by atoms with Gasteiger partial charge in [-0.25, -0.2) is 5.43 Å². The lowest BCUT2D eigenvalue weighted by Crippen LogP contribution is -2.32. The summed E-state index contributed by atoms with van der Waals surface area (Å²) in [6.45, 7) is 0. The summed E-state index contributed by atoms with van der Waals surface area (Å²) in [6.07, 6.45) is 1.34. The predicted molar refractivity (Wildman–Crippen MR) is 102 cm³/mol. The Bertz CT molecular complexity index is 845. The van der Waals surface area contributed by atoms with Crippen molar-refractivity contribution in [3.63, 3.8) is 0 Å². The highest BCUT2D eigenvalue weighted by Gasteiger charge is 2.15. The molecule has 0 aliphatic heterocycles. The SMILES string of the molecule is COc1cc(C=NNC(=O)C(=O)Nc2ccccc2Cl)cc(OC)c1OC. The molecule has 27 heavy (non-hydrogen) atoms. The molecule has 0 spiro atoms. The van der Waals surface area contributed by atoms with Crippen molar-refractivity contribution in [2.45, 2.75) is 0 Å². The normalized spacial score (nSPS) is 10.4. The topological polar surface area (TPSA) is 98.2 Å². The summed E-state index contributed by atoms with van der Waals surface area (Å²) in [5.74, 6) is -0.550. The van der Waals surface area contributed by atoms with Gasteiger partial charge in [0, 0.05) is 5.56 Å². The molecule has 0 fully saturated rings. The number of ether oxygens (including phenoxy) is 3. The van der Waals surface area contributed by atoms with Crippen LogP contribution in [-0.4, -0.2) is 39.4 Å². The summed E-state index contributed by atoms with van der Waals surface area (Å²) >= 11 is 5.93. The van der Waals surface area contributed by atoms with Gasteiger partial charge in [-0.2, -0.15) is 5.10 Å². The zero-order valence-corrected chi connectivity index (χ0v) is 15.7. The van der Waals surface area contributed by atoms with Crippen molar-refractivity contribution in [1.29, 1.82) is 0 Å². The molecule has 0 unspecified atom stereocenters. The van der Waals surface area contributed by atoms with Crippen LogP contribution in [0.15, 0.2) is 41.5 Å². The van der Waals surface area contributed by atoms with Gasteiger partial charge < -0.3 is 19.5 Å². The molecule has 142 valence electrons. The van der Waals surface area contributed by atoms with E-state index in [4.69, 9.17) is 25.8 Å². The van der Waals surface area contributed by atoms with Gasteiger partial charge in [-0.3, -0.25) is 9.59 Å². The van der Waals surface area contributed by atoms with Gasteiger partial charge in [-0.05, 0) is 24.3 Å². The van der Waals surface area contributed by atoms with E-state index < -0.39 is 11.8 Å². The van der Waals surface area contributed by atoms with Crippen LogP contribution in [0.3, 0.4) is 0 Å². The van der Waals surface area contributed by atoms with Crippen LogP contribution in [0.2, 0.25) is 5.02 Å². The number of para-hydroxylation sites is 1. The Kier molecular flexibility index (Phi) is 7.01. The van der Waals surface area contributed by atoms with Crippen LogP contribution in [0.4, 0.5) is 5.69 Å². The van der Waals surface area contributed by atoms with Crippen molar-refractivity contribution in [2.75, 3.05) is 26.6 Å². The maximum absolute atomic E-state index is 11.9. The molecule has 0 heterocycles. The molecule has 0 aliphatic carbocycles. The van der Waals surface area contributed by atoms with Gasteiger partial charge in [-0.15, -0.1) is 0 Å². The first-order chi connectivity index (χ1) is 13.0. The minimum Gasteiger partial charge on any atom is -0.493 e. The summed E-state index contributed by atoms with van der Waals surface area (Å²) in [6, 6.07) is 9.84. The fraction of sp³-hybridized carbons (Fsp3) is 0.167. The number of hydrazone groups is 1. The molecule has 0 aliphatic rings. The quantitative estimate of drug-likeness (QED) is 0.447. The molecule has 8 nitrogen and oxygen atoms in total. The molecule has 2 aromatic carbocycles. The minimum absolute atomic E-state index is 0.319. The smallest absolute Gasteiger partial charge is 0.329 e. The lowest BCUT2D eigenvalue weighted by molar-refractivity contribution is -0.136. The monoisotopic (exact) mass is 391 g/mol. The average molecular weight is 392 g/mol. The number of hydrogen-bond donors (Lipinski definition) is 2. The molecule has 0 bridgehead atoms. The van der Waals surface area contributed by atoms with Crippen molar-refractivity contribution in [3.05, 3.63) is 47.0 Å². The number of carbonyl (C=O) groups is 2. The number of carbonyl (C=O) groups excluding carboxylic acids is 2. The van der Waals surface area contributed by atoms with Crippen LogP contribution in [0.25, 0.3) is 0 Å². The van der Waals surface area contributed by atoms with Crippen molar-refractivity contribution in [3.8, 4) is 17.2 Å². The highest BCUT2D eigenvalue weighted by atomic mass is 35.5. The van der Waals surface area contributed by atoms with Crippen LogP contribution >= 0.6 is 11.6 Å². The number of benzene rings is 2. The molecule has 9 heteroatoms. The molecular formula is C18H18ClN3O5. The van der Waals surface area contributed by atoms with E-state index >= 15 is 0 Å². The van der Waals surface area contributed by atoms with E-state index in [0.717, 1.165) is 0 Å². The third kappa shape index (κ3) is 5.11. The summed E-state index contributed by atoms with van der Waals surface area (Å²) in [7, 11) is 4.46. The molecular weight excluding hydrogens is 374 g/mol. The van der Waals surface area contributed by atoms with Gasteiger partial charge in [0.2, 0.25) is 5.75 Å². The third-order valence-corrected chi connectivity index (χ3v) is 3.72. The van der Waals surface area contributed by atoms with E-state index in [1.807, 2.05) is 0 Å². The van der Waals surface area contributed by atoms with Crippen LogP contribution in [0, 0.1) is 0 Å². The number of halogens is 1. The second-order valence-electron chi connectivity index (χ2n) is 5.09. The highest BCUT2D eigenvalue weighted by Crippen LogP contribution is 2.37. The Labute approximate surface area is 161 Å². The second kappa shape index (κ2) is 9.44. The minimum atomic E-state index is -0.946. The van der Waals surface area contributed by atoms with Gasteiger partial charge in [0.15, 0.2) is 11.5 Å². The first kappa shape index (κ1) is 20.1. The maximum Gasteiger partial charge on any atom is 0.329 e. The molecule has 2 aromatic rings. The second-order valence-corrected chi connectivity index (χ2v) is 5.50. The summed E-state index contributed by atoms with van der Waals surface area (Å²) < 4.78 is 15.7. The highest BCUT2D eigenvalue weighted by molar-refractivity contribution is 6.41. The molecule has 0 aromatic heterocycles. The van der Waals surface area contributed by atoms with Crippen molar-refractivity contribution < 1.29 is 23.8 Å². The summed E-state index contributed by atoms with van der Waals surface area (Å²) in [4.78, 5) is 23.7. The van der Waals surface area contributed by atoms with E-state index in [1.54, 1.807) is 36.4 Å². The molecule has 0 saturated heterocycles. The number of hydrogen-bond acceptors (Lipinski definition) is 6. The Morgan fingerprint density at radius 2 is 1.63 bits per heavy atom. The number of methoxy groups -OCH3 is 3. The molecule has 0 saturated carbocycles. The fourth-order valence-corrected chi connectivity index (χ4v) is 2.32. The lowest BCUT2D eigenvalue weighted by Gasteiger charge is -2.12. The third-order valence-electron chi connectivity index (χ3n) is 3.40. The van der Waals surface area contributed by atoms with Gasteiger partial charge >= 0.3 is 11.8 Å². The van der Waals surface area contributed by atoms with Crippen LogP contribution in [0.5, 0.6) is 17.2 Å². The number of nitrogens with one attached hydrogen (secondary N) is 2. The molecule has 2 N–H and O–H groups in total. The van der Waals surface area contributed by atoms with Crippen molar-refractivity contribution in [1.82, 2.24) is 5.43 Å². The summed E-state index contributed by atoms with van der Waals surface area (Å²) in [5.41, 5.74) is 3.03. The van der Waals surface area contributed by atoms with E-state index in [2.05, 4.69) is 15.8 Å². The molecule has 2 rings (SSSR count). The van der Waals surface area contributed by atoms with Gasteiger partial charge in [-0.1, -0.05) is 23.7 Å². The number of nitrogens with zero attached hydrogens (tertiary/aromatic N) is 1. The molecule has 0 radical (unpaired) electrons. The van der Waals surface area contributed by atoms with E-state index in [0.29, 0.717) is 33.5 Å².